The van der Waals surface area contributed by atoms with Crippen LogP contribution in [-0.4, -0.2) is 87.7 Å². The maximum Gasteiger partial charge on any atom is 0.407 e. The van der Waals surface area contributed by atoms with Crippen molar-refractivity contribution in [2.24, 2.45) is 23.2 Å². The first kappa shape index (κ1) is 42.5. The van der Waals surface area contributed by atoms with Crippen molar-refractivity contribution in [3.8, 4) is 33.6 Å². The Hall–Kier alpha value is -6.18. The molecule has 5 atom stereocenters. The van der Waals surface area contributed by atoms with E-state index in [1.165, 1.54) is 14.2 Å². The van der Waals surface area contributed by atoms with Gasteiger partial charge in [-0.15, -0.1) is 0 Å². The van der Waals surface area contributed by atoms with Crippen LogP contribution in [0.3, 0.4) is 0 Å². The summed E-state index contributed by atoms with van der Waals surface area (Å²) in [6.07, 6.45) is 9.10. The first-order valence-corrected chi connectivity index (χ1v) is 21.9. The van der Waals surface area contributed by atoms with Crippen LogP contribution in [0.2, 0.25) is 0 Å². The van der Waals surface area contributed by atoms with Gasteiger partial charge in [-0.25, -0.2) is 19.6 Å². The number of nitrogens with one attached hydrogen (secondary N) is 5. The van der Waals surface area contributed by atoms with Gasteiger partial charge in [0.1, 0.15) is 23.7 Å². The molecule has 8 rings (SSSR count). The second kappa shape index (κ2) is 17.7. The number of ether oxygens (including phenoxy) is 2. The van der Waals surface area contributed by atoms with E-state index in [2.05, 4.69) is 86.6 Å². The number of rotatable bonds is 13. The number of nitrogens with zero attached hydrogens (tertiary/aromatic N) is 3. The lowest BCUT2D eigenvalue weighted by molar-refractivity contribution is -0.135. The van der Waals surface area contributed by atoms with Crippen molar-refractivity contribution in [2.75, 3.05) is 20.8 Å². The number of fused-ring (bicyclic) bond motifs is 1. The number of amides is 4. The maximum absolute atomic E-state index is 13.9. The highest BCUT2D eigenvalue weighted by atomic mass is 16.5. The average Bonchev–Trinajstić information content (AvgIpc) is 3.75. The minimum absolute atomic E-state index is 0.0574. The van der Waals surface area contributed by atoms with E-state index in [1.54, 1.807) is 0 Å². The monoisotopic (exact) mass is 842 g/mol. The molecule has 5 unspecified atom stereocenters. The molecule has 3 heterocycles. The molecule has 1 aliphatic heterocycles. The second-order valence-corrected chi connectivity index (χ2v) is 18.3. The summed E-state index contributed by atoms with van der Waals surface area (Å²) in [5.74, 6) is 1.64. The second-order valence-electron chi connectivity index (χ2n) is 18.3. The third-order valence-corrected chi connectivity index (χ3v) is 13.1. The topological polar surface area (TPSA) is 183 Å². The molecule has 62 heavy (non-hydrogen) atoms. The van der Waals surface area contributed by atoms with Crippen LogP contribution in [0.4, 0.5) is 9.59 Å². The van der Waals surface area contributed by atoms with Crippen molar-refractivity contribution < 1.29 is 28.7 Å². The first-order chi connectivity index (χ1) is 29.8. The van der Waals surface area contributed by atoms with Gasteiger partial charge in [0.2, 0.25) is 11.8 Å². The fourth-order valence-electron chi connectivity index (χ4n) is 9.33. The summed E-state index contributed by atoms with van der Waals surface area (Å²) in [5, 5.41) is 10.8. The third kappa shape index (κ3) is 9.19. The van der Waals surface area contributed by atoms with Gasteiger partial charge < -0.3 is 40.3 Å². The van der Waals surface area contributed by atoms with Gasteiger partial charge in [0.15, 0.2) is 0 Å². The maximum atomic E-state index is 13.9. The molecule has 2 aromatic heterocycles. The van der Waals surface area contributed by atoms with Crippen molar-refractivity contribution in [3.05, 3.63) is 84.7 Å². The summed E-state index contributed by atoms with van der Waals surface area (Å²) >= 11 is 0. The number of aromatic nitrogens is 4. The SMILES string of the molecule is COC(=O)NC(C(=O)NC1CCC(Cc2ncc(-c3ccc4cc(-c5ccc(-c6cnc(C7CC8(CC8)CN7C(=O)C(NC(=O)OC)C(C)C)[nH]6)cc5)ccc4c3)[nH]2)C1)C(C)C. The normalized spacial score (nSPS) is 20.1. The van der Waals surface area contributed by atoms with Crippen LogP contribution >= 0.6 is 0 Å². The zero-order valence-electron chi connectivity index (χ0n) is 36.4. The van der Waals surface area contributed by atoms with Gasteiger partial charge in [0, 0.05) is 24.6 Å². The quantitative estimate of drug-likeness (QED) is 0.0792. The largest absolute Gasteiger partial charge is 0.453 e. The number of methoxy groups -OCH3 is 2. The van der Waals surface area contributed by atoms with Crippen molar-refractivity contribution in [1.29, 1.82) is 0 Å². The van der Waals surface area contributed by atoms with Crippen LogP contribution in [0.25, 0.3) is 44.4 Å². The Labute approximate surface area is 362 Å². The Morgan fingerprint density at radius 1 is 0.758 bits per heavy atom. The Morgan fingerprint density at radius 3 is 2.02 bits per heavy atom. The van der Waals surface area contributed by atoms with Gasteiger partial charge in [-0.1, -0.05) is 76.2 Å². The van der Waals surface area contributed by atoms with Gasteiger partial charge in [-0.2, -0.15) is 0 Å². The minimum Gasteiger partial charge on any atom is -0.453 e. The molecule has 2 aliphatic carbocycles. The van der Waals surface area contributed by atoms with Crippen molar-refractivity contribution >= 4 is 34.8 Å². The van der Waals surface area contributed by atoms with Crippen LogP contribution in [0.1, 0.15) is 83.9 Å². The number of likely N-dealkylation sites (tertiary alicyclic amines) is 1. The molecule has 326 valence electrons. The molecule has 0 bridgehead atoms. The molecule has 5 N–H and O–H groups in total. The predicted molar refractivity (Wildman–Crippen MR) is 237 cm³/mol. The van der Waals surface area contributed by atoms with Crippen molar-refractivity contribution in [1.82, 2.24) is 40.8 Å². The summed E-state index contributed by atoms with van der Waals surface area (Å²) in [6, 6.07) is 20.0. The summed E-state index contributed by atoms with van der Waals surface area (Å²) < 4.78 is 9.52. The van der Waals surface area contributed by atoms with Crippen molar-refractivity contribution in [2.45, 2.75) is 96.8 Å². The zero-order chi connectivity index (χ0) is 43.7. The lowest BCUT2D eigenvalue weighted by atomic mass is 9.98. The van der Waals surface area contributed by atoms with Crippen LogP contribution in [-0.2, 0) is 25.5 Å². The number of hydrogen-bond donors (Lipinski definition) is 5. The van der Waals surface area contributed by atoms with Crippen molar-refractivity contribution in [3.63, 3.8) is 0 Å². The lowest BCUT2D eigenvalue weighted by Crippen LogP contribution is -2.51. The third-order valence-electron chi connectivity index (χ3n) is 13.1. The first-order valence-electron chi connectivity index (χ1n) is 21.9. The fraction of sp³-hybridized carbons (Fsp3) is 0.458. The van der Waals surface area contributed by atoms with E-state index in [9.17, 15) is 19.2 Å². The molecule has 14 nitrogen and oxygen atoms in total. The number of alkyl carbamates (subject to hydrolysis) is 2. The molecular formula is C48H58N8O6. The number of hydrogen-bond acceptors (Lipinski definition) is 8. The van der Waals surface area contributed by atoms with E-state index < -0.39 is 24.3 Å². The molecule has 3 aromatic carbocycles. The molecule has 3 fully saturated rings. The fourth-order valence-corrected chi connectivity index (χ4v) is 9.33. The Kier molecular flexibility index (Phi) is 12.1. The zero-order valence-corrected chi connectivity index (χ0v) is 36.4. The Balaban J connectivity index is 0.889. The summed E-state index contributed by atoms with van der Waals surface area (Å²) in [5.41, 5.74) is 6.27. The minimum atomic E-state index is -0.682. The molecule has 4 amide bonds. The highest BCUT2D eigenvalue weighted by Crippen LogP contribution is 2.58. The van der Waals surface area contributed by atoms with Gasteiger partial charge in [0.05, 0.1) is 44.0 Å². The van der Waals surface area contributed by atoms with E-state index in [1.807, 2.05) is 45.0 Å². The number of carbonyl (C=O) groups excluding carboxylic acids is 4. The van der Waals surface area contributed by atoms with Gasteiger partial charge >= 0.3 is 12.2 Å². The molecule has 2 saturated carbocycles. The number of benzene rings is 3. The van der Waals surface area contributed by atoms with Gasteiger partial charge in [-0.05, 0) is 101 Å². The number of carbonyl (C=O) groups is 4. The smallest absolute Gasteiger partial charge is 0.407 e. The van der Waals surface area contributed by atoms with Crippen LogP contribution in [0.15, 0.2) is 73.1 Å². The number of H-pyrrole nitrogens is 2. The summed E-state index contributed by atoms with van der Waals surface area (Å²) in [7, 11) is 2.60. The highest BCUT2D eigenvalue weighted by molar-refractivity contribution is 5.91. The number of imidazole rings is 2. The molecule has 5 aromatic rings. The van der Waals surface area contributed by atoms with Crippen LogP contribution < -0.4 is 16.0 Å². The molecule has 14 heteroatoms. The average molecular weight is 843 g/mol. The van der Waals surface area contributed by atoms with E-state index in [-0.39, 0.29) is 41.1 Å². The van der Waals surface area contributed by atoms with E-state index in [4.69, 9.17) is 19.4 Å². The lowest BCUT2D eigenvalue weighted by Gasteiger charge is -2.30. The molecule has 0 radical (unpaired) electrons. The Morgan fingerprint density at radius 2 is 1.35 bits per heavy atom. The van der Waals surface area contributed by atoms with Gasteiger partial charge in [-0.3, -0.25) is 9.59 Å². The molecular weight excluding hydrogens is 785 g/mol. The van der Waals surface area contributed by atoms with E-state index in [0.717, 1.165) is 101 Å². The molecule has 1 saturated heterocycles. The highest BCUT2D eigenvalue weighted by Gasteiger charge is 2.55. The van der Waals surface area contributed by atoms with Gasteiger partial charge in [0.25, 0.3) is 0 Å². The predicted octanol–water partition coefficient (Wildman–Crippen LogP) is 7.93. The molecule has 1 spiro atoms. The standard InChI is InChI=1S/C48H58N8O6/c1-27(2)41(54-46(59)61-5)44(57)51-36-16-7-29(19-36)20-40-49-24-38(52-40)35-15-14-33-21-32(12-13-34(33)22-35)30-8-10-31(11-9-30)37-25-50-43(53-37)39-23-48(17-18-48)26-56(39)45(58)42(28(3)4)55-47(60)62-6/h8-15,21-22,24-25,27-29,36,39,41-42H,7,16-20,23,26H2,1-6H3,(H,49,52)(H,50,53)(H,51,57)(H,54,59)(H,55,60). The number of aromatic amines is 2. The van der Waals surface area contributed by atoms with Crippen LogP contribution in [0, 0.1) is 23.2 Å². The van der Waals surface area contributed by atoms with Crippen LogP contribution in [0.5, 0.6) is 0 Å². The van der Waals surface area contributed by atoms with E-state index >= 15 is 0 Å². The summed E-state index contributed by atoms with van der Waals surface area (Å²) in [4.78, 5) is 69.2. The van der Waals surface area contributed by atoms with E-state index in [0.29, 0.717) is 12.5 Å². The summed E-state index contributed by atoms with van der Waals surface area (Å²) in [6.45, 7) is 8.32. The molecule has 3 aliphatic rings. The Bertz CT molecular complexity index is 2430.